The van der Waals surface area contributed by atoms with Gasteiger partial charge in [-0.15, -0.1) is 0 Å². The van der Waals surface area contributed by atoms with E-state index in [0.29, 0.717) is 24.2 Å². The molecule has 0 spiro atoms. The van der Waals surface area contributed by atoms with Crippen LogP contribution in [0.4, 0.5) is 0 Å². The highest BCUT2D eigenvalue weighted by atomic mass is 16.2. The molecule has 2 atom stereocenters. The Kier molecular flexibility index (Phi) is 6.49. The molecule has 1 amide bonds. The van der Waals surface area contributed by atoms with Gasteiger partial charge in [0.25, 0.3) is 0 Å². The summed E-state index contributed by atoms with van der Waals surface area (Å²) in [7, 11) is 0. The molecule has 0 aromatic heterocycles. The maximum atomic E-state index is 12.6. The summed E-state index contributed by atoms with van der Waals surface area (Å²) in [6.45, 7) is 11.3. The quantitative estimate of drug-likeness (QED) is 0.893. The molecular weight excluding hydrogens is 310 g/mol. The smallest absolute Gasteiger partial charge is 0.222 e. The van der Waals surface area contributed by atoms with Gasteiger partial charge in [0.2, 0.25) is 5.91 Å². The minimum atomic E-state index is 0.355. The van der Waals surface area contributed by atoms with Crippen LogP contribution in [0.25, 0.3) is 0 Å². The highest BCUT2D eigenvalue weighted by molar-refractivity contribution is 5.76. The second kappa shape index (κ2) is 8.81. The van der Waals surface area contributed by atoms with E-state index in [2.05, 4.69) is 53.2 Å². The zero-order valence-electron chi connectivity index (χ0n) is 15.8. The van der Waals surface area contributed by atoms with Crippen LogP contribution in [0.1, 0.15) is 37.3 Å². The van der Waals surface area contributed by atoms with Gasteiger partial charge in [-0.05, 0) is 50.3 Å². The Morgan fingerprint density at radius 3 is 2.76 bits per heavy atom. The average molecular weight is 344 g/mol. The SMILES string of the molecule is Cc1cccc(CN2CCN(C(=O)CC(C)C3CCCNC3)CC2)c1. The molecule has 2 aliphatic heterocycles. The van der Waals surface area contributed by atoms with Crippen molar-refractivity contribution in [3.8, 4) is 0 Å². The Bertz CT molecular complexity index is 560. The van der Waals surface area contributed by atoms with Crippen molar-refractivity contribution in [1.82, 2.24) is 15.1 Å². The van der Waals surface area contributed by atoms with Crippen molar-refractivity contribution in [1.29, 1.82) is 0 Å². The summed E-state index contributed by atoms with van der Waals surface area (Å²) in [5.74, 6) is 1.51. The average Bonchev–Trinajstić information content (AvgIpc) is 2.63. The van der Waals surface area contributed by atoms with Crippen molar-refractivity contribution in [3.05, 3.63) is 35.4 Å². The second-order valence-electron chi connectivity index (χ2n) is 7.93. The molecule has 0 aliphatic carbocycles. The van der Waals surface area contributed by atoms with Crippen molar-refractivity contribution in [2.45, 2.75) is 39.7 Å². The van der Waals surface area contributed by atoms with Crippen LogP contribution < -0.4 is 5.32 Å². The second-order valence-corrected chi connectivity index (χ2v) is 7.93. The molecule has 1 aromatic rings. The van der Waals surface area contributed by atoms with Crippen LogP contribution in [0.3, 0.4) is 0 Å². The summed E-state index contributed by atoms with van der Waals surface area (Å²) in [4.78, 5) is 17.2. The molecule has 25 heavy (non-hydrogen) atoms. The molecule has 0 bridgehead atoms. The minimum Gasteiger partial charge on any atom is -0.340 e. The molecule has 2 fully saturated rings. The molecule has 0 radical (unpaired) electrons. The molecule has 4 nitrogen and oxygen atoms in total. The topological polar surface area (TPSA) is 35.6 Å². The van der Waals surface area contributed by atoms with E-state index in [1.807, 2.05) is 0 Å². The first-order valence-corrected chi connectivity index (χ1v) is 9.88. The van der Waals surface area contributed by atoms with E-state index >= 15 is 0 Å². The van der Waals surface area contributed by atoms with Crippen LogP contribution in [0.5, 0.6) is 0 Å². The van der Waals surface area contributed by atoms with E-state index in [0.717, 1.165) is 45.8 Å². The number of carbonyl (C=O) groups is 1. The number of amides is 1. The number of rotatable bonds is 5. The van der Waals surface area contributed by atoms with Gasteiger partial charge in [0.15, 0.2) is 0 Å². The number of hydrogen-bond donors (Lipinski definition) is 1. The molecule has 1 aromatic carbocycles. The lowest BCUT2D eigenvalue weighted by atomic mass is 9.85. The lowest BCUT2D eigenvalue weighted by Gasteiger charge is -2.36. The molecule has 2 heterocycles. The highest BCUT2D eigenvalue weighted by Crippen LogP contribution is 2.23. The number of nitrogens with one attached hydrogen (secondary N) is 1. The van der Waals surface area contributed by atoms with E-state index < -0.39 is 0 Å². The minimum absolute atomic E-state index is 0.355. The van der Waals surface area contributed by atoms with Gasteiger partial charge in [-0.2, -0.15) is 0 Å². The molecular formula is C21H33N3O. The Hall–Kier alpha value is -1.39. The number of aryl methyl sites for hydroxylation is 1. The predicted molar refractivity (Wildman–Crippen MR) is 102 cm³/mol. The number of piperazine rings is 1. The molecule has 2 unspecified atom stereocenters. The van der Waals surface area contributed by atoms with Crippen LogP contribution in [0.15, 0.2) is 24.3 Å². The summed E-state index contributed by atoms with van der Waals surface area (Å²) in [5, 5.41) is 3.47. The van der Waals surface area contributed by atoms with Gasteiger partial charge in [0.1, 0.15) is 0 Å². The van der Waals surface area contributed by atoms with Crippen LogP contribution in [0.2, 0.25) is 0 Å². The zero-order valence-corrected chi connectivity index (χ0v) is 15.8. The number of hydrogen-bond acceptors (Lipinski definition) is 3. The summed E-state index contributed by atoms with van der Waals surface area (Å²) < 4.78 is 0. The number of piperidine rings is 1. The zero-order chi connectivity index (χ0) is 17.6. The molecule has 1 N–H and O–H groups in total. The molecule has 3 rings (SSSR count). The highest BCUT2D eigenvalue weighted by Gasteiger charge is 2.26. The lowest BCUT2D eigenvalue weighted by molar-refractivity contribution is -0.134. The Morgan fingerprint density at radius 1 is 1.28 bits per heavy atom. The lowest BCUT2D eigenvalue weighted by Crippen LogP contribution is -2.48. The third-order valence-electron chi connectivity index (χ3n) is 5.85. The van der Waals surface area contributed by atoms with E-state index in [1.54, 1.807) is 0 Å². The number of benzene rings is 1. The fourth-order valence-corrected chi connectivity index (χ4v) is 4.16. The molecule has 4 heteroatoms. The monoisotopic (exact) mass is 343 g/mol. The third-order valence-corrected chi connectivity index (χ3v) is 5.85. The van der Waals surface area contributed by atoms with E-state index in [-0.39, 0.29) is 0 Å². The third kappa shape index (κ3) is 5.29. The fourth-order valence-electron chi connectivity index (χ4n) is 4.16. The standard InChI is InChI=1S/C21H33N3O/c1-17-5-3-6-19(13-17)16-23-9-11-24(12-10-23)21(25)14-18(2)20-7-4-8-22-15-20/h3,5-6,13,18,20,22H,4,7-12,14-16H2,1-2H3. The van der Waals surface area contributed by atoms with Gasteiger partial charge < -0.3 is 10.2 Å². The first kappa shape index (κ1) is 18.4. The van der Waals surface area contributed by atoms with E-state index in [4.69, 9.17) is 0 Å². The normalized spacial score (nSPS) is 23.4. The van der Waals surface area contributed by atoms with Gasteiger partial charge in [0.05, 0.1) is 0 Å². The predicted octanol–water partition coefficient (Wildman–Crippen LogP) is 2.67. The Labute approximate surface area is 152 Å². The maximum Gasteiger partial charge on any atom is 0.222 e. The van der Waals surface area contributed by atoms with Crippen LogP contribution in [0, 0.1) is 18.8 Å². The van der Waals surface area contributed by atoms with Crippen molar-refractivity contribution >= 4 is 5.91 Å². The first-order chi connectivity index (χ1) is 12.1. The Balaban J connectivity index is 1.42. The molecule has 0 saturated carbocycles. The van der Waals surface area contributed by atoms with E-state index in [1.165, 1.54) is 24.0 Å². The van der Waals surface area contributed by atoms with Gasteiger partial charge in [0, 0.05) is 39.1 Å². The van der Waals surface area contributed by atoms with Crippen molar-refractivity contribution < 1.29 is 4.79 Å². The van der Waals surface area contributed by atoms with Gasteiger partial charge in [-0.3, -0.25) is 9.69 Å². The molecule has 2 aliphatic rings. The van der Waals surface area contributed by atoms with Crippen molar-refractivity contribution in [2.75, 3.05) is 39.3 Å². The van der Waals surface area contributed by atoms with Crippen LogP contribution in [-0.4, -0.2) is 55.0 Å². The summed E-state index contributed by atoms with van der Waals surface area (Å²) >= 11 is 0. The summed E-state index contributed by atoms with van der Waals surface area (Å²) in [6.07, 6.45) is 3.23. The number of carbonyl (C=O) groups excluding carboxylic acids is 1. The maximum absolute atomic E-state index is 12.6. The summed E-state index contributed by atoms with van der Waals surface area (Å²) in [6, 6.07) is 8.73. The van der Waals surface area contributed by atoms with Gasteiger partial charge >= 0.3 is 0 Å². The van der Waals surface area contributed by atoms with E-state index in [9.17, 15) is 4.79 Å². The molecule has 138 valence electrons. The van der Waals surface area contributed by atoms with Crippen molar-refractivity contribution in [2.24, 2.45) is 11.8 Å². The van der Waals surface area contributed by atoms with Gasteiger partial charge in [-0.1, -0.05) is 36.8 Å². The van der Waals surface area contributed by atoms with Gasteiger partial charge in [-0.25, -0.2) is 0 Å². The van der Waals surface area contributed by atoms with Crippen LogP contribution in [-0.2, 0) is 11.3 Å². The van der Waals surface area contributed by atoms with Crippen molar-refractivity contribution in [3.63, 3.8) is 0 Å². The molecule has 2 saturated heterocycles. The largest absolute Gasteiger partial charge is 0.340 e. The fraction of sp³-hybridized carbons (Fsp3) is 0.667. The Morgan fingerprint density at radius 2 is 2.08 bits per heavy atom. The van der Waals surface area contributed by atoms with Crippen LogP contribution >= 0.6 is 0 Å². The first-order valence-electron chi connectivity index (χ1n) is 9.88. The number of nitrogens with zero attached hydrogens (tertiary/aromatic N) is 2. The summed E-state index contributed by atoms with van der Waals surface area (Å²) in [5.41, 5.74) is 2.69.